The van der Waals surface area contributed by atoms with E-state index in [0.29, 0.717) is 30.1 Å². The lowest BCUT2D eigenvalue weighted by molar-refractivity contribution is 0.0602. The highest BCUT2D eigenvalue weighted by molar-refractivity contribution is 6.28. The molecule has 0 spiro atoms. The van der Waals surface area contributed by atoms with Crippen molar-refractivity contribution in [1.82, 2.24) is 9.88 Å². The second-order valence-electron chi connectivity index (χ2n) is 8.94. The number of hydrogen-bond donors (Lipinski definition) is 1. The summed E-state index contributed by atoms with van der Waals surface area (Å²) in [5, 5.41) is 12.4. The molecule has 6 nitrogen and oxygen atoms in total. The average molecular weight is 415 g/mol. The molecule has 1 saturated heterocycles. The third kappa shape index (κ3) is 3.14. The van der Waals surface area contributed by atoms with Crippen molar-refractivity contribution in [2.45, 2.75) is 32.4 Å². The number of aromatic nitrogens is 1. The molecule has 0 radical (unpaired) electrons. The van der Waals surface area contributed by atoms with Crippen LogP contribution in [0.4, 0.5) is 11.4 Å². The summed E-state index contributed by atoms with van der Waals surface area (Å²) in [5.41, 5.74) is 4.63. The second kappa shape index (κ2) is 6.97. The van der Waals surface area contributed by atoms with Crippen LogP contribution in [-0.4, -0.2) is 52.9 Å². The van der Waals surface area contributed by atoms with Crippen molar-refractivity contribution in [3.8, 4) is 0 Å². The van der Waals surface area contributed by atoms with Crippen LogP contribution in [0, 0.1) is 13.8 Å². The Morgan fingerprint density at radius 3 is 2.68 bits per heavy atom. The van der Waals surface area contributed by atoms with Gasteiger partial charge in [-0.2, -0.15) is 0 Å². The Kier molecular flexibility index (Phi) is 4.46. The highest BCUT2D eigenvalue weighted by Gasteiger charge is 2.52. The molecule has 0 unspecified atom stereocenters. The summed E-state index contributed by atoms with van der Waals surface area (Å²) in [4.78, 5) is 26.7. The normalized spacial score (nSPS) is 20.3. The molecule has 6 heteroatoms. The minimum atomic E-state index is -1.57. The van der Waals surface area contributed by atoms with E-state index < -0.39 is 5.60 Å². The molecular weight excluding hydrogens is 388 g/mol. The van der Waals surface area contributed by atoms with Gasteiger partial charge in [-0.05, 0) is 81.0 Å². The molecule has 1 atom stereocenters. The number of carbonyl (C=O) groups excluding carboxylic acids is 1. The largest absolute Gasteiger partial charge is 0.374 e. The van der Waals surface area contributed by atoms with Crippen molar-refractivity contribution in [2.75, 3.05) is 25.5 Å². The number of pyridine rings is 1. The molecule has 5 rings (SSSR count). The first-order valence-electron chi connectivity index (χ1n) is 10.5. The zero-order valence-electron chi connectivity index (χ0n) is 18.3. The second-order valence-corrected chi connectivity index (χ2v) is 8.94. The summed E-state index contributed by atoms with van der Waals surface area (Å²) in [7, 11) is 4.07. The number of hydrogen-bond acceptors (Lipinski definition) is 6. The SMILES string of the molecule is Cc1cc2c(cc1C)C(=O)[C@]1(O)CCN(c3ccc4ncc(CN(C)C)cc4c3)C1=N2. The number of anilines is 1. The Labute approximate surface area is 181 Å². The van der Waals surface area contributed by atoms with Crippen LogP contribution in [0.5, 0.6) is 0 Å². The highest BCUT2D eigenvalue weighted by Crippen LogP contribution is 2.40. The first kappa shape index (κ1) is 19.8. The van der Waals surface area contributed by atoms with Crippen LogP contribution in [0.3, 0.4) is 0 Å². The van der Waals surface area contributed by atoms with Gasteiger partial charge in [-0.15, -0.1) is 0 Å². The third-order valence-corrected chi connectivity index (χ3v) is 6.31. The van der Waals surface area contributed by atoms with Gasteiger partial charge in [0.1, 0.15) is 5.84 Å². The number of fused-ring (bicyclic) bond motifs is 3. The van der Waals surface area contributed by atoms with Crippen LogP contribution in [0.1, 0.15) is 33.5 Å². The Hall–Kier alpha value is -3.09. The summed E-state index contributed by atoms with van der Waals surface area (Å²) < 4.78 is 0. The molecule has 2 aliphatic heterocycles. The van der Waals surface area contributed by atoms with Gasteiger partial charge in [-0.1, -0.05) is 0 Å². The van der Waals surface area contributed by atoms with Crippen LogP contribution in [0.25, 0.3) is 10.9 Å². The van der Waals surface area contributed by atoms with Crippen LogP contribution in [0.2, 0.25) is 0 Å². The topological polar surface area (TPSA) is 69.0 Å². The molecule has 2 aliphatic rings. The Bertz CT molecular complexity index is 1260. The summed E-state index contributed by atoms with van der Waals surface area (Å²) >= 11 is 0. The van der Waals surface area contributed by atoms with E-state index in [1.54, 1.807) is 0 Å². The first-order chi connectivity index (χ1) is 14.8. The van der Waals surface area contributed by atoms with Gasteiger partial charge in [-0.3, -0.25) is 9.78 Å². The summed E-state index contributed by atoms with van der Waals surface area (Å²) in [6, 6.07) is 12.0. The van der Waals surface area contributed by atoms with Gasteiger partial charge in [0.15, 0.2) is 5.60 Å². The van der Waals surface area contributed by atoms with Crippen LogP contribution >= 0.6 is 0 Å². The van der Waals surface area contributed by atoms with E-state index in [0.717, 1.165) is 39.8 Å². The van der Waals surface area contributed by atoms with Crippen molar-refractivity contribution in [3.05, 3.63) is 64.8 Å². The van der Waals surface area contributed by atoms with Gasteiger partial charge in [0.05, 0.1) is 11.2 Å². The van der Waals surface area contributed by atoms with E-state index in [1.807, 2.05) is 63.3 Å². The standard InChI is InChI=1S/C25H26N4O2/c1-15-9-20-22(10-16(15)2)27-24-25(31,23(20)30)7-8-29(24)19-5-6-21-18(12-19)11-17(13-26-21)14-28(3)4/h5-6,9-13,31H,7-8,14H2,1-4H3/t25-/m1/s1. The number of benzene rings is 2. The van der Waals surface area contributed by atoms with Gasteiger partial charge in [-0.25, -0.2) is 4.99 Å². The fraction of sp³-hybridized carbons (Fsp3) is 0.320. The number of carbonyl (C=O) groups is 1. The van der Waals surface area contributed by atoms with Gasteiger partial charge in [0.2, 0.25) is 5.78 Å². The van der Waals surface area contributed by atoms with Gasteiger partial charge in [0.25, 0.3) is 0 Å². The van der Waals surface area contributed by atoms with E-state index >= 15 is 0 Å². The smallest absolute Gasteiger partial charge is 0.204 e. The van der Waals surface area contributed by atoms with Crippen LogP contribution < -0.4 is 4.90 Å². The van der Waals surface area contributed by atoms with E-state index in [4.69, 9.17) is 4.99 Å². The zero-order valence-corrected chi connectivity index (χ0v) is 18.3. The molecule has 1 aromatic heterocycles. The Balaban J connectivity index is 1.59. The quantitative estimate of drug-likeness (QED) is 0.706. The Morgan fingerprint density at radius 2 is 1.90 bits per heavy atom. The van der Waals surface area contributed by atoms with Gasteiger partial charge in [0, 0.05) is 42.3 Å². The van der Waals surface area contributed by atoms with Crippen LogP contribution in [-0.2, 0) is 6.54 Å². The molecule has 1 N–H and O–H groups in total. The maximum absolute atomic E-state index is 13.2. The predicted molar refractivity (Wildman–Crippen MR) is 123 cm³/mol. The number of nitrogens with zero attached hydrogens (tertiary/aromatic N) is 4. The lowest BCUT2D eigenvalue weighted by Gasteiger charge is -2.30. The Morgan fingerprint density at radius 1 is 1.13 bits per heavy atom. The van der Waals surface area contributed by atoms with Crippen molar-refractivity contribution in [1.29, 1.82) is 0 Å². The highest BCUT2D eigenvalue weighted by atomic mass is 16.3. The van der Waals surface area contributed by atoms with E-state index in [2.05, 4.69) is 22.0 Å². The van der Waals surface area contributed by atoms with Gasteiger partial charge < -0.3 is 14.9 Å². The average Bonchev–Trinajstić information content (AvgIpc) is 3.07. The third-order valence-electron chi connectivity index (χ3n) is 6.31. The number of aryl methyl sites for hydroxylation is 2. The number of Topliss-reactive ketones (excluding diaryl/α,β-unsaturated/α-hetero) is 1. The predicted octanol–water partition coefficient (Wildman–Crippen LogP) is 3.78. The molecule has 158 valence electrons. The molecule has 3 aromatic rings. The maximum Gasteiger partial charge on any atom is 0.204 e. The molecular formula is C25H26N4O2. The minimum absolute atomic E-state index is 0.256. The van der Waals surface area contributed by atoms with E-state index in [1.165, 1.54) is 0 Å². The summed E-state index contributed by atoms with van der Waals surface area (Å²) in [6.45, 7) is 5.33. The monoisotopic (exact) mass is 414 g/mol. The summed E-state index contributed by atoms with van der Waals surface area (Å²) in [5.74, 6) is 0.166. The number of aliphatic imine (C=N–C) groups is 1. The van der Waals surface area contributed by atoms with E-state index in [9.17, 15) is 9.90 Å². The lowest BCUT2D eigenvalue weighted by Crippen LogP contribution is -2.48. The molecule has 2 aromatic carbocycles. The summed E-state index contributed by atoms with van der Waals surface area (Å²) in [6.07, 6.45) is 2.23. The molecule has 0 amide bonds. The molecule has 0 bridgehead atoms. The fourth-order valence-corrected chi connectivity index (χ4v) is 4.53. The van der Waals surface area contributed by atoms with Crippen molar-refractivity contribution < 1.29 is 9.90 Å². The zero-order chi connectivity index (χ0) is 21.9. The minimum Gasteiger partial charge on any atom is -0.374 e. The number of amidine groups is 1. The maximum atomic E-state index is 13.2. The fourth-order valence-electron chi connectivity index (χ4n) is 4.53. The van der Waals surface area contributed by atoms with E-state index in [-0.39, 0.29) is 5.78 Å². The van der Waals surface area contributed by atoms with Crippen molar-refractivity contribution >= 4 is 33.9 Å². The van der Waals surface area contributed by atoms with Crippen molar-refractivity contribution in [3.63, 3.8) is 0 Å². The lowest BCUT2D eigenvalue weighted by atomic mass is 9.86. The molecule has 31 heavy (non-hydrogen) atoms. The number of ketones is 1. The molecule has 3 heterocycles. The molecule has 1 fully saturated rings. The molecule has 0 aliphatic carbocycles. The number of rotatable bonds is 3. The van der Waals surface area contributed by atoms with Crippen molar-refractivity contribution in [2.24, 2.45) is 4.99 Å². The first-order valence-corrected chi connectivity index (χ1v) is 10.5. The molecule has 0 saturated carbocycles. The van der Waals surface area contributed by atoms with Crippen LogP contribution in [0.15, 0.2) is 47.6 Å². The van der Waals surface area contributed by atoms with Gasteiger partial charge >= 0.3 is 0 Å². The number of aliphatic hydroxyl groups is 1.